The first-order valence-electron chi connectivity index (χ1n) is 8.97. The molecule has 2 heterocycles. The van der Waals surface area contributed by atoms with E-state index in [1.165, 1.54) is 6.08 Å². The molecule has 1 aromatic heterocycles. The first-order chi connectivity index (χ1) is 13.0. The van der Waals surface area contributed by atoms with Crippen LogP contribution >= 0.6 is 11.6 Å². The number of aromatic nitrogens is 1. The summed E-state index contributed by atoms with van der Waals surface area (Å²) >= 11 is 5.87. The van der Waals surface area contributed by atoms with E-state index in [0.717, 1.165) is 18.4 Å². The molecule has 1 aromatic carbocycles. The van der Waals surface area contributed by atoms with Crippen LogP contribution < -0.4 is 5.32 Å². The first kappa shape index (κ1) is 19.2. The smallest absolute Gasteiger partial charge is 0.247 e. The average molecular weight is 388 g/mol. The molecule has 1 fully saturated rings. The lowest BCUT2D eigenvalue weighted by Crippen LogP contribution is -2.51. The summed E-state index contributed by atoms with van der Waals surface area (Å²) in [5.74, 6) is 0.367. The van der Waals surface area contributed by atoms with Gasteiger partial charge < -0.3 is 14.7 Å². The van der Waals surface area contributed by atoms with Crippen molar-refractivity contribution in [3.05, 3.63) is 58.4 Å². The van der Waals surface area contributed by atoms with E-state index in [4.69, 9.17) is 16.1 Å². The Bertz CT molecular complexity index is 829. The Morgan fingerprint density at radius 1 is 1.33 bits per heavy atom. The van der Waals surface area contributed by atoms with Gasteiger partial charge in [0.2, 0.25) is 11.8 Å². The number of amides is 2. The Morgan fingerprint density at radius 2 is 2.11 bits per heavy atom. The van der Waals surface area contributed by atoms with Crippen molar-refractivity contribution in [2.75, 3.05) is 6.54 Å². The Balaban J connectivity index is 1.62. The average Bonchev–Trinajstić information content (AvgIpc) is 3.10. The molecule has 1 saturated heterocycles. The summed E-state index contributed by atoms with van der Waals surface area (Å²) in [5.41, 5.74) is 1.55. The van der Waals surface area contributed by atoms with Crippen LogP contribution in [0.2, 0.25) is 5.02 Å². The SMILES string of the molecule is Cc1cc(CNC(=O)C2CCCCN2C(=O)C=Cc2ccc(Cl)cc2)no1. The maximum absolute atomic E-state index is 12.6. The van der Waals surface area contributed by atoms with Gasteiger partial charge in [-0.15, -0.1) is 0 Å². The van der Waals surface area contributed by atoms with E-state index in [2.05, 4.69) is 10.5 Å². The molecule has 0 bridgehead atoms. The number of nitrogens with one attached hydrogen (secondary N) is 1. The van der Waals surface area contributed by atoms with Crippen molar-refractivity contribution in [1.29, 1.82) is 0 Å². The van der Waals surface area contributed by atoms with Gasteiger partial charge in [-0.2, -0.15) is 0 Å². The van der Waals surface area contributed by atoms with Crippen LogP contribution in [-0.2, 0) is 16.1 Å². The van der Waals surface area contributed by atoms with Crippen molar-refractivity contribution in [3.63, 3.8) is 0 Å². The van der Waals surface area contributed by atoms with E-state index in [9.17, 15) is 9.59 Å². The van der Waals surface area contributed by atoms with Crippen molar-refractivity contribution in [2.45, 2.75) is 38.8 Å². The topological polar surface area (TPSA) is 75.4 Å². The fraction of sp³-hybridized carbons (Fsp3) is 0.350. The molecule has 1 unspecified atom stereocenters. The van der Waals surface area contributed by atoms with E-state index >= 15 is 0 Å². The fourth-order valence-corrected chi connectivity index (χ4v) is 3.23. The number of piperidine rings is 1. The highest BCUT2D eigenvalue weighted by atomic mass is 35.5. The highest BCUT2D eigenvalue weighted by Gasteiger charge is 2.31. The van der Waals surface area contributed by atoms with Gasteiger partial charge in [0.1, 0.15) is 17.5 Å². The summed E-state index contributed by atoms with van der Waals surface area (Å²) in [6.45, 7) is 2.66. The summed E-state index contributed by atoms with van der Waals surface area (Å²) in [6.07, 6.45) is 5.72. The number of halogens is 1. The molecule has 7 heteroatoms. The minimum atomic E-state index is -0.464. The van der Waals surface area contributed by atoms with Crippen LogP contribution in [0.5, 0.6) is 0 Å². The number of carbonyl (C=O) groups excluding carboxylic acids is 2. The summed E-state index contributed by atoms with van der Waals surface area (Å²) in [4.78, 5) is 26.9. The number of hydrogen-bond donors (Lipinski definition) is 1. The molecule has 0 radical (unpaired) electrons. The quantitative estimate of drug-likeness (QED) is 0.798. The lowest BCUT2D eigenvalue weighted by molar-refractivity contribution is -0.138. The third-order valence-corrected chi connectivity index (χ3v) is 4.75. The van der Waals surface area contributed by atoms with E-state index < -0.39 is 6.04 Å². The Morgan fingerprint density at radius 3 is 2.81 bits per heavy atom. The number of nitrogens with zero attached hydrogens (tertiary/aromatic N) is 2. The zero-order valence-electron chi connectivity index (χ0n) is 15.2. The maximum Gasteiger partial charge on any atom is 0.247 e. The number of aryl methyl sites for hydroxylation is 1. The number of benzene rings is 1. The molecule has 2 amide bonds. The van der Waals surface area contributed by atoms with Crippen LogP contribution in [0.1, 0.15) is 36.3 Å². The molecule has 0 saturated carbocycles. The Labute approximate surface area is 163 Å². The monoisotopic (exact) mass is 387 g/mol. The summed E-state index contributed by atoms with van der Waals surface area (Å²) in [5, 5.41) is 7.36. The van der Waals surface area contributed by atoms with Crippen LogP contribution in [0.4, 0.5) is 0 Å². The predicted octanol–water partition coefficient (Wildman–Crippen LogP) is 3.35. The van der Waals surface area contributed by atoms with E-state index in [1.54, 1.807) is 36.1 Å². The van der Waals surface area contributed by atoms with Gasteiger partial charge >= 0.3 is 0 Å². The molecule has 0 aliphatic carbocycles. The molecular weight excluding hydrogens is 366 g/mol. The fourth-order valence-electron chi connectivity index (χ4n) is 3.10. The van der Waals surface area contributed by atoms with Crippen molar-refractivity contribution in [2.24, 2.45) is 0 Å². The number of carbonyl (C=O) groups is 2. The van der Waals surface area contributed by atoms with Crippen LogP contribution in [0.3, 0.4) is 0 Å². The molecule has 3 rings (SSSR count). The Kier molecular flexibility index (Phi) is 6.29. The van der Waals surface area contributed by atoms with Crippen molar-refractivity contribution >= 4 is 29.5 Å². The van der Waals surface area contributed by atoms with E-state index in [-0.39, 0.29) is 18.4 Å². The summed E-state index contributed by atoms with van der Waals surface area (Å²) < 4.78 is 5.00. The van der Waals surface area contributed by atoms with Crippen molar-refractivity contribution in [1.82, 2.24) is 15.4 Å². The first-order valence-corrected chi connectivity index (χ1v) is 9.35. The van der Waals surface area contributed by atoms with Gasteiger partial charge in [-0.3, -0.25) is 9.59 Å². The molecule has 0 spiro atoms. The zero-order chi connectivity index (χ0) is 19.2. The lowest BCUT2D eigenvalue weighted by atomic mass is 10.0. The summed E-state index contributed by atoms with van der Waals surface area (Å²) in [6, 6.07) is 8.54. The molecule has 2 aromatic rings. The molecule has 142 valence electrons. The van der Waals surface area contributed by atoms with Gasteiger partial charge in [0.05, 0.1) is 6.54 Å². The van der Waals surface area contributed by atoms with E-state index in [0.29, 0.717) is 29.4 Å². The molecule has 6 nitrogen and oxygen atoms in total. The predicted molar refractivity (Wildman–Crippen MR) is 103 cm³/mol. The third-order valence-electron chi connectivity index (χ3n) is 4.50. The van der Waals surface area contributed by atoms with Crippen LogP contribution in [0.15, 0.2) is 40.9 Å². The van der Waals surface area contributed by atoms with Crippen LogP contribution in [0.25, 0.3) is 6.08 Å². The standard InChI is InChI=1S/C20H22ClN3O3/c1-14-12-17(23-27-14)13-22-20(26)18-4-2-3-11-24(18)19(25)10-7-15-5-8-16(21)9-6-15/h5-10,12,18H,2-4,11,13H2,1H3,(H,22,26). The van der Waals surface area contributed by atoms with E-state index in [1.807, 2.05) is 12.1 Å². The van der Waals surface area contributed by atoms with Crippen LogP contribution in [-0.4, -0.2) is 34.5 Å². The zero-order valence-corrected chi connectivity index (χ0v) is 15.9. The van der Waals surface area contributed by atoms with Gasteiger partial charge in [0.15, 0.2) is 0 Å². The highest BCUT2D eigenvalue weighted by molar-refractivity contribution is 6.30. The van der Waals surface area contributed by atoms with Gasteiger partial charge in [-0.25, -0.2) is 0 Å². The van der Waals surface area contributed by atoms with Crippen molar-refractivity contribution in [3.8, 4) is 0 Å². The number of likely N-dealkylation sites (tertiary alicyclic amines) is 1. The van der Waals surface area contributed by atoms with Crippen molar-refractivity contribution < 1.29 is 14.1 Å². The van der Waals surface area contributed by atoms with Gasteiger partial charge in [0, 0.05) is 23.7 Å². The molecular formula is C20H22ClN3O3. The van der Waals surface area contributed by atoms with Gasteiger partial charge in [0.25, 0.3) is 0 Å². The number of hydrogen-bond acceptors (Lipinski definition) is 4. The lowest BCUT2D eigenvalue weighted by Gasteiger charge is -2.34. The normalized spacial score (nSPS) is 17.3. The molecule has 1 N–H and O–H groups in total. The molecule has 1 aliphatic rings. The molecule has 1 atom stereocenters. The number of rotatable bonds is 5. The van der Waals surface area contributed by atoms with Gasteiger partial charge in [-0.1, -0.05) is 28.9 Å². The Hall–Kier alpha value is -2.60. The second-order valence-electron chi connectivity index (χ2n) is 6.57. The van der Waals surface area contributed by atoms with Crippen LogP contribution in [0, 0.1) is 6.92 Å². The second kappa shape index (κ2) is 8.86. The molecule has 27 heavy (non-hydrogen) atoms. The minimum Gasteiger partial charge on any atom is -0.361 e. The van der Waals surface area contributed by atoms with Gasteiger partial charge in [-0.05, 0) is 50.0 Å². The minimum absolute atomic E-state index is 0.163. The highest BCUT2D eigenvalue weighted by Crippen LogP contribution is 2.19. The maximum atomic E-state index is 12.6. The third kappa shape index (κ3) is 5.20. The molecule has 1 aliphatic heterocycles. The largest absolute Gasteiger partial charge is 0.361 e. The summed E-state index contributed by atoms with van der Waals surface area (Å²) in [7, 11) is 0. The second-order valence-corrected chi connectivity index (χ2v) is 7.01.